The first-order valence-electron chi connectivity index (χ1n) is 27.1. The van der Waals surface area contributed by atoms with E-state index in [4.69, 9.17) is 66.3 Å². The molecule has 2 aliphatic rings. The molecule has 0 fully saturated rings. The van der Waals surface area contributed by atoms with Crippen molar-refractivity contribution in [3.8, 4) is 10.0 Å². The zero-order valence-corrected chi connectivity index (χ0v) is 50.3. The summed E-state index contributed by atoms with van der Waals surface area (Å²) in [5, 5.41) is 27.0. The van der Waals surface area contributed by atoms with E-state index in [-0.39, 0.29) is 24.7 Å². The lowest BCUT2D eigenvalue weighted by atomic mass is 9.94. The van der Waals surface area contributed by atoms with Gasteiger partial charge in [-0.1, -0.05) is 60.5 Å². The van der Waals surface area contributed by atoms with E-state index in [2.05, 4.69) is 65.3 Å². The highest BCUT2D eigenvalue weighted by Gasteiger charge is 2.34. The molecule has 0 saturated carbocycles. The van der Waals surface area contributed by atoms with Crippen molar-refractivity contribution in [1.29, 1.82) is 0 Å². The second kappa shape index (κ2) is 29.6. The molecule has 8 rings (SSSR count). The van der Waals surface area contributed by atoms with Gasteiger partial charge in [-0.3, -0.25) is 28.7 Å². The third kappa shape index (κ3) is 16.0. The summed E-state index contributed by atoms with van der Waals surface area (Å²) < 4.78 is 44.9. The normalized spacial score (nSPS) is 14.8. The Morgan fingerprint density at radius 1 is 0.568 bits per heavy atom. The molecule has 81 heavy (non-hydrogen) atoms. The van der Waals surface area contributed by atoms with E-state index in [1.807, 2.05) is 78.4 Å². The van der Waals surface area contributed by atoms with Crippen LogP contribution in [0.2, 0.25) is 10.0 Å². The number of thiophene rings is 2. The molecular formula is C58H72Cl2N10O9S2. The topological polar surface area (TPSA) is 209 Å². The van der Waals surface area contributed by atoms with E-state index in [0.717, 1.165) is 66.5 Å². The molecule has 434 valence electrons. The first-order valence-corrected chi connectivity index (χ1v) is 29.5. The van der Waals surface area contributed by atoms with Crippen LogP contribution in [0, 0.1) is 47.0 Å². The molecule has 2 aliphatic heterocycles. The Bertz CT molecular complexity index is 2960. The van der Waals surface area contributed by atoms with Crippen molar-refractivity contribution in [2.24, 2.45) is 15.4 Å². The van der Waals surface area contributed by atoms with Crippen LogP contribution in [0.1, 0.15) is 98.3 Å². The highest BCUT2D eigenvalue weighted by Crippen LogP contribution is 2.41. The minimum atomic E-state index is -0.558. The zero-order valence-electron chi connectivity index (χ0n) is 47.1. The van der Waals surface area contributed by atoms with E-state index < -0.39 is 17.5 Å². The van der Waals surface area contributed by atoms with E-state index in [9.17, 15) is 9.59 Å². The number of amides is 2. The predicted octanol–water partition coefficient (Wildman–Crippen LogP) is 8.93. The van der Waals surface area contributed by atoms with E-state index in [1.165, 1.54) is 9.75 Å². The van der Waals surface area contributed by atoms with Crippen molar-refractivity contribution < 1.29 is 42.7 Å². The van der Waals surface area contributed by atoms with Gasteiger partial charge in [0.1, 0.15) is 33.7 Å². The van der Waals surface area contributed by atoms with Crippen molar-refractivity contribution in [3.63, 3.8) is 0 Å². The van der Waals surface area contributed by atoms with Gasteiger partial charge in [0.25, 0.3) is 0 Å². The van der Waals surface area contributed by atoms with Gasteiger partial charge in [0, 0.05) is 60.6 Å². The number of aryl methyl sites for hydroxylation is 4. The summed E-state index contributed by atoms with van der Waals surface area (Å²) in [6.07, 6.45) is 1.89. The third-order valence-electron chi connectivity index (χ3n) is 13.7. The molecule has 6 aromatic rings. The number of carbonyl (C=O) groups excluding carboxylic acids is 2. The number of hydrogen-bond acceptors (Lipinski definition) is 17. The third-order valence-corrected chi connectivity index (χ3v) is 16.6. The average molecular weight is 1190 g/mol. The Hall–Kier alpha value is -5.56. The SMILES string of the molecule is C=CCOCC(C)(COCCOCCOCCNC(=O)C[C@@H]1N=C(c2ccc(Cl)cc2)c2c(sc(C)c2C)-n2c(C)nnc21)COCCOCCOCCNC(=O)C[C@@H]1N=C(c2ccc(Cl)cc2)c2c(sc(C)c2C)-n2c(C)nnc21. The molecule has 2 amide bonds. The summed E-state index contributed by atoms with van der Waals surface area (Å²) in [7, 11) is 0. The summed E-state index contributed by atoms with van der Waals surface area (Å²) in [6.45, 7) is 23.9. The molecule has 0 aliphatic carbocycles. The highest BCUT2D eigenvalue weighted by atomic mass is 35.5. The van der Waals surface area contributed by atoms with Gasteiger partial charge in [0.15, 0.2) is 11.6 Å². The fourth-order valence-corrected chi connectivity index (χ4v) is 12.0. The van der Waals surface area contributed by atoms with Gasteiger partial charge in [-0.25, -0.2) is 0 Å². The number of fused-ring (bicyclic) bond motifs is 6. The Morgan fingerprint density at radius 3 is 1.33 bits per heavy atom. The summed E-state index contributed by atoms with van der Waals surface area (Å²) in [5.74, 6) is 2.38. The lowest BCUT2D eigenvalue weighted by molar-refractivity contribution is -0.122. The number of halogens is 2. The number of ether oxygens (including phenoxy) is 7. The smallest absolute Gasteiger partial charge is 0.222 e. The average Bonchev–Trinajstić information content (AvgIpc) is 4.27. The van der Waals surface area contributed by atoms with Gasteiger partial charge in [-0.2, -0.15) is 0 Å². The summed E-state index contributed by atoms with van der Waals surface area (Å²) >= 11 is 15.8. The first-order chi connectivity index (χ1) is 39.2. The van der Waals surface area contributed by atoms with Crippen LogP contribution in [-0.4, -0.2) is 158 Å². The van der Waals surface area contributed by atoms with Gasteiger partial charge in [-0.15, -0.1) is 49.6 Å². The standard InChI is InChI=1S/C58H72Cl2N10O9S2/c1-9-20-77-33-58(8,34-78-29-27-75-25-23-73-21-18-61-48(71)31-46-54-67-65-40(6)69(54)56-50(36(2)38(4)80-56)52(63-46)42-10-14-44(59)15-11-42)35-79-30-28-76-26-24-74-22-19-62-49(72)32-47-55-68-66-41(7)70(55)57-51(37(3)39(5)81-57)53(64-47)43-12-16-45(60)17-13-43/h9-17,46-47H,1,18-35H2,2-8H3,(H,61,71)(H,62,72)/t46-,47-/m0/s1. The minimum Gasteiger partial charge on any atom is -0.378 e. The van der Waals surface area contributed by atoms with E-state index >= 15 is 0 Å². The van der Waals surface area contributed by atoms with Crippen LogP contribution >= 0.6 is 45.9 Å². The summed E-state index contributed by atoms with van der Waals surface area (Å²) in [5.41, 5.74) is 7.29. The number of rotatable bonds is 32. The molecule has 19 nitrogen and oxygen atoms in total. The fourth-order valence-electron chi connectivity index (χ4n) is 9.32. The second-order valence-corrected chi connectivity index (χ2v) is 23.4. The maximum Gasteiger partial charge on any atom is 0.222 e. The van der Waals surface area contributed by atoms with E-state index in [1.54, 1.807) is 28.7 Å². The molecule has 23 heteroatoms. The molecule has 2 aromatic carbocycles. The molecule has 0 unspecified atom stereocenters. The number of aromatic nitrogens is 6. The van der Waals surface area contributed by atoms with Crippen LogP contribution in [0.15, 0.2) is 71.2 Å². The number of carbonyl (C=O) groups is 2. The molecular weight excluding hydrogens is 1120 g/mol. The molecule has 0 spiro atoms. The number of aliphatic imine (C=N–C) groups is 2. The van der Waals surface area contributed by atoms with Gasteiger partial charge in [-0.05, 0) is 76.9 Å². The van der Waals surface area contributed by atoms with Crippen LogP contribution in [0.4, 0.5) is 0 Å². The monoisotopic (exact) mass is 1190 g/mol. The van der Waals surface area contributed by atoms with Crippen LogP contribution in [0.5, 0.6) is 0 Å². The zero-order chi connectivity index (χ0) is 57.5. The largest absolute Gasteiger partial charge is 0.378 e. The van der Waals surface area contributed by atoms with Crippen molar-refractivity contribution >= 4 is 69.1 Å². The lowest BCUT2D eigenvalue weighted by Crippen LogP contribution is -2.35. The van der Waals surface area contributed by atoms with Gasteiger partial charge < -0.3 is 43.8 Å². The molecule has 4 aromatic heterocycles. The second-order valence-electron chi connectivity index (χ2n) is 20.1. The molecule has 2 atom stereocenters. The first kappa shape index (κ1) is 61.5. The van der Waals surface area contributed by atoms with E-state index in [0.29, 0.717) is 127 Å². The Morgan fingerprint density at radius 2 is 0.938 bits per heavy atom. The Kier molecular flexibility index (Phi) is 22.5. The Labute approximate surface area is 491 Å². The minimum absolute atomic E-state index is 0.0902. The summed E-state index contributed by atoms with van der Waals surface area (Å²) in [6, 6.07) is 14.1. The van der Waals surface area contributed by atoms with Gasteiger partial charge in [0.2, 0.25) is 11.8 Å². The number of nitrogens with zero attached hydrogens (tertiary/aromatic N) is 8. The van der Waals surface area contributed by atoms with Crippen LogP contribution in [0.25, 0.3) is 10.0 Å². The van der Waals surface area contributed by atoms with Gasteiger partial charge in [0.05, 0.1) is 117 Å². The maximum absolute atomic E-state index is 13.3. The fraction of sp³-hybridized carbons (Fsp3) is 0.483. The lowest BCUT2D eigenvalue weighted by Gasteiger charge is -2.29. The van der Waals surface area contributed by atoms with Crippen molar-refractivity contribution in [1.82, 2.24) is 40.2 Å². The Balaban J connectivity index is 0.670. The molecule has 2 N–H and O–H groups in total. The molecule has 6 heterocycles. The van der Waals surface area contributed by atoms with Gasteiger partial charge >= 0.3 is 0 Å². The van der Waals surface area contributed by atoms with Crippen molar-refractivity contribution in [3.05, 3.63) is 138 Å². The van der Waals surface area contributed by atoms with Crippen LogP contribution in [-0.2, 0) is 42.7 Å². The summed E-state index contributed by atoms with van der Waals surface area (Å²) in [4.78, 5) is 39.4. The molecule has 0 bridgehead atoms. The van der Waals surface area contributed by atoms with Crippen LogP contribution < -0.4 is 10.6 Å². The number of hydrogen-bond donors (Lipinski definition) is 2. The number of nitrogens with one attached hydrogen (secondary N) is 2. The quantitative estimate of drug-likeness (QED) is 0.0299. The maximum atomic E-state index is 13.3. The highest BCUT2D eigenvalue weighted by molar-refractivity contribution is 7.15. The van der Waals surface area contributed by atoms with Crippen molar-refractivity contribution in [2.75, 3.05) is 106 Å². The molecule has 0 saturated heterocycles. The van der Waals surface area contributed by atoms with Crippen LogP contribution in [0.3, 0.4) is 0 Å². The molecule has 0 radical (unpaired) electrons. The van der Waals surface area contributed by atoms with Crippen molar-refractivity contribution in [2.45, 2.75) is 73.4 Å². The predicted molar refractivity (Wildman–Crippen MR) is 316 cm³/mol. The number of benzene rings is 2.